The molecular formula is C8H4ClNOS. The Labute approximate surface area is 79.1 Å². The van der Waals surface area contributed by atoms with E-state index >= 15 is 0 Å². The monoisotopic (exact) mass is 197 g/mol. The molecule has 0 heterocycles. The summed E-state index contributed by atoms with van der Waals surface area (Å²) in [7, 11) is 0. The Kier molecular flexibility index (Phi) is 3.15. The Hall–Kier alpha value is -0.980. The first-order chi connectivity index (χ1) is 5.75. The van der Waals surface area contributed by atoms with Crippen molar-refractivity contribution in [2.24, 2.45) is 0 Å². The Morgan fingerprint density at radius 1 is 1.50 bits per heavy atom. The standard InChI is InChI=1S/C8H4ClNOS/c9-8(11)6-3-1-2-4-7(6)12-5-10/h1-4H. The lowest BCUT2D eigenvalue weighted by Crippen LogP contribution is -1.90. The fraction of sp³-hybridized carbons (Fsp3) is 0. The number of carbonyl (C=O) groups is 1. The lowest BCUT2D eigenvalue weighted by atomic mass is 10.2. The fourth-order valence-electron chi connectivity index (χ4n) is 0.767. The normalized spacial score (nSPS) is 9.00. The summed E-state index contributed by atoms with van der Waals surface area (Å²) in [4.78, 5) is 11.4. The van der Waals surface area contributed by atoms with Crippen molar-refractivity contribution in [3.63, 3.8) is 0 Å². The van der Waals surface area contributed by atoms with Gasteiger partial charge in [0.25, 0.3) is 5.24 Å². The average Bonchev–Trinajstić information content (AvgIpc) is 2.05. The molecule has 0 spiro atoms. The molecule has 0 aliphatic carbocycles. The quantitative estimate of drug-likeness (QED) is 0.416. The van der Waals surface area contributed by atoms with E-state index in [1.165, 1.54) is 0 Å². The molecule has 0 aliphatic rings. The molecule has 0 aliphatic heterocycles. The zero-order chi connectivity index (χ0) is 8.97. The maximum absolute atomic E-state index is 10.8. The van der Waals surface area contributed by atoms with Crippen LogP contribution in [0.3, 0.4) is 0 Å². The zero-order valence-electron chi connectivity index (χ0n) is 5.95. The molecular weight excluding hydrogens is 194 g/mol. The topological polar surface area (TPSA) is 40.9 Å². The highest BCUT2D eigenvalue weighted by atomic mass is 35.5. The van der Waals surface area contributed by atoms with Crippen molar-refractivity contribution in [2.75, 3.05) is 0 Å². The summed E-state index contributed by atoms with van der Waals surface area (Å²) in [6, 6.07) is 6.73. The van der Waals surface area contributed by atoms with Gasteiger partial charge in [-0.05, 0) is 35.5 Å². The van der Waals surface area contributed by atoms with Crippen LogP contribution in [0.5, 0.6) is 0 Å². The summed E-state index contributed by atoms with van der Waals surface area (Å²) in [6.07, 6.45) is 0. The van der Waals surface area contributed by atoms with E-state index in [9.17, 15) is 4.79 Å². The van der Waals surface area contributed by atoms with Crippen molar-refractivity contribution in [2.45, 2.75) is 4.90 Å². The molecule has 0 fully saturated rings. The van der Waals surface area contributed by atoms with Crippen LogP contribution in [0.2, 0.25) is 0 Å². The number of thiocyanates is 1. The third kappa shape index (κ3) is 2.00. The Morgan fingerprint density at radius 2 is 2.17 bits per heavy atom. The van der Waals surface area contributed by atoms with Crippen LogP contribution >= 0.6 is 23.4 Å². The minimum Gasteiger partial charge on any atom is -0.276 e. The van der Waals surface area contributed by atoms with Gasteiger partial charge in [-0.1, -0.05) is 12.1 Å². The van der Waals surface area contributed by atoms with Gasteiger partial charge in [0, 0.05) is 10.5 Å². The maximum atomic E-state index is 10.8. The van der Waals surface area contributed by atoms with E-state index in [0.717, 1.165) is 11.8 Å². The van der Waals surface area contributed by atoms with Gasteiger partial charge in [0.05, 0.1) is 0 Å². The van der Waals surface area contributed by atoms with Crippen molar-refractivity contribution < 1.29 is 4.79 Å². The number of nitriles is 1. The number of rotatable bonds is 2. The number of benzene rings is 1. The predicted octanol–water partition coefficient (Wildman–Crippen LogP) is 2.64. The van der Waals surface area contributed by atoms with Gasteiger partial charge in [-0.2, -0.15) is 5.26 Å². The van der Waals surface area contributed by atoms with E-state index in [1.807, 2.05) is 5.40 Å². The van der Waals surface area contributed by atoms with E-state index in [2.05, 4.69) is 0 Å². The van der Waals surface area contributed by atoms with Crippen LogP contribution in [0.25, 0.3) is 0 Å². The van der Waals surface area contributed by atoms with Gasteiger partial charge in [-0.25, -0.2) is 0 Å². The van der Waals surface area contributed by atoms with Crippen molar-refractivity contribution in [3.05, 3.63) is 29.8 Å². The molecule has 0 radical (unpaired) electrons. The van der Waals surface area contributed by atoms with Gasteiger partial charge >= 0.3 is 0 Å². The van der Waals surface area contributed by atoms with Gasteiger partial charge < -0.3 is 0 Å². The van der Waals surface area contributed by atoms with Gasteiger partial charge in [0.2, 0.25) is 0 Å². The Morgan fingerprint density at radius 3 is 2.75 bits per heavy atom. The lowest BCUT2D eigenvalue weighted by Gasteiger charge is -1.98. The summed E-state index contributed by atoms with van der Waals surface area (Å²) in [5.74, 6) is 0. The van der Waals surface area contributed by atoms with E-state index in [0.29, 0.717) is 10.5 Å². The molecule has 60 valence electrons. The van der Waals surface area contributed by atoms with Crippen LogP contribution in [0.4, 0.5) is 0 Å². The smallest absolute Gasteiger partial charge is 0.253 e. The number of carbonyl (C=O) groups excluding carboxylic acids is 1. The van der Waals surface area contributed by atoms with Crippen LogP contribution in [-0.4, -0.2) is 5.24 Å². The molecule has 12 heavy (non-hydrogen) atoms. The molecule has 1 aromatic carbocycles. The number of nitrogens with zero attached hydrogens (tertiary/aromatic N) is 1. The van der Waals surface area contributed by atoms with Crippen LogP contribution in [0.15, 0.2) is 29.2 Å². The number of hydrogen-bond acceptors (Lipinski definition) is 3. The highest BCUT2D eigenvalue weighted by molar-refractivity contribution is 8.03. The first-order valence-corrected chi connectivity index (χ1v) is 4.30. The highest BCUT2D eigenvalue weighted by Gasteiger charge is 2.07. The Bertz CT molecular complexity index is 345. The molecule has 0 aromatic heterocycles. The second kappa shape index (κ2) is 4.15. The number of halogens is 1. The largest absolute Gasteiger partial charge is 0.276 e. The summed E-state index contributed by atoms with van der Waals surface area (Å²) in [5.41, 5.74) is 0.380. The van der Waals surface area contributed by atoms with E-state index in [4.69, 9.17) is 16.9 Å². The molecule has 0 atom stereocenters. The summed E-state index contributed by atoms with van der Waals surface area (Å²) < 4.78 is 0. The van der Waals surface area contributed by atoms with E-state index in [1.54, 1.807) is 24.3 Å². The number of thioether (sulfide) groups is 1. The van der Waals surface area contributed by atoms with Crippen molar-refractivity contribution in [1.82, 2.24) is 0 Å². The highest BCUT2D eigenvalue weighted by Crippen LogP contribution is 2.22. The first-order valence-electron chi connectivity index (χ1n) is 3.10. The molecule has 1 aromatic rings. The molecule has 0 N–H and O–H groups in total. The number of hydrogen-bond donors (Lipinski definition) is 0. The molecule has 1 rings (SSSR count). The third-order valence-electron chi connectivity index (χ3n) is 1.25. The van der Waals surface area contributed by atoms with Gasteiger partial charge in [0.1, 0.15) is 5.40 Å². The molecule has 0 saturated heterocycles. The maximum Gasteiger partial charge on any atom is 0.253 e. The molecule has 0 bridgehead atoms. The minimum absolute atomic E-state index is 0.380. The van der Waals surface area contributed by atoms with Crippen LogP contribution < -0.4 is 0 Å². The fourth-order valence-corrected chi connectivity index (χ4v) is 1.50. The first kappa shape index (κ1) is 9.11. The van der Waals surface area contributed by atoms with Gasteiger partial charge in [0.15, 0.2) is 0 Å². The molecule has 2 nitrogen and oxygen atoms in total. The van der Waals surface area contributed by atoms with Crippen molar-refractivity contribution in [1.29, 1.82) is 5.26 Å². The second-order valence-electron chi connectivity index (χ2n) is 1.96. The molecule has 0 saturated carbocycles. The van der Waals surface area contributed by atoms with Crippen LogP contribution in [-0.2, 0) is 0 Å². The third-order valence-corrected chi connectivity index (χ3v) is 2.13. The van der Waals surface area contributed by atoms with Crippen molar-refractivity contribution in [3.8, 4) is 5.40 Å². The van der Waals surface area contributed by atoms with Crippen LogP contribution in [0, 0.1) is 10.7 Å². The minimum atomic E-state index is -0.534. The lowest BCUT2D eigenvalue weighted by molar-refractivity contribution is 0.107. The molecule has 0 amide bonds. The predicted molar refractivity (Wildman–Crippen MR) is 48.1 cm³/mol. The second-order valence-corrected chi connectivity index (χ2v) is 3.13. The molecule has 4 heteroatoms. The van der Waals surface area contributed by atoms with Gasteiger partial charge in [-0.15, -0.1) is 0 Å². The van der Waals surface area contributed by atoms with Crippen LogP contribution in [0.1, 0.15) is 10.4 Å². The van der Waals surface area contributed by atoms with Crippen molar-refractivity contribution >= 4 is 28.6 Å². The van der Waals surface area contributed by atoms with E-state index < -0.39 is 5.24 Å². The summed E-state index contributed by atoms with van der Waals surface area (Å²) >= 11 is 6.21. The van der Waals surface area contributed by atoms with Gasteiger partial charge in [-0.3, -0.25) is 4.79 Å². The average molecular weight is 198 g/mol. The molecule has 0 unspecified atom stereocenters. The Balaban J connectivity index is 3.10. The van der Waals surface area contributed by atoms with E-state index in [-0.39, 0.29) is 0 Å². The summed E-state index contributed by atoms with van der Waals surface area (Å²) in [6.45, 7) is 0. The summed E-state index contributed by atoms with van der Waals surface area (Å²) in [5, 5.41) is 9.74. The SMILES string of the molecule is N#CSc1ccccc1C(=O)Cl. The zero-order valence-corrected chi connectivity index (χ0v) is 7.52.